The van der Waals surface area contributed by atoms with E-state index < -0.39 is 17.9 Å². The lowest BCUT2D eigenvalue weighted by Crippen LogP contribution is -2.13. The molecule has 0 bridgehead atoms. The predicted molar refractivity (Wildman–Crippen MR) is 161 cm³/mol. The number of hydrogen-bond donors (Lipinski definition) is 3. The first-order chi connectivity index (χ1) is 20.2. The number of carbonyl (C=O) groups is 2. The Kier molecular flexibility index (Phi) is 6.98. The molecule has 0 aliphatic rings. The molecule has 1 heterocycles. The number of carboxylic acids is 1. The highest BCUT2D eigenvalue weighted by atomic mass is 35.5. The molecule has 3 N–H and O–H groups in total. The van der Waals surface area contributed by atoms with Gasteiger partial charge in [0.25, 0.3) is 0 Å². The summed E-state index contributed by atoms with van der Waals surface area (Å²) >= 11 is 6.22. The van der Waals surface area contributed by atoms with Gasteiger partial charge in [-0.1, -0.05) is 72.3 Å². The van der Waals surface area contributed by atoms with Gasteiger partial charge in [-0.15, -0.1) is 0 Å². The zero-order valence-corrected chi connectivity index (χ0v) is 22.8. The van der Waals surface area contributed by atoms with Crippen LogP contribution >= 0.6 is 11.6 Å². The van der Waals surface area contributed by atoms with Crippen LogP contribution in [0.15, 0.2) is 100 Å². The van der Waals surface area contributed by atoms with Crippen LogP contribution in [-0.2, 0) is 11.2 Å². The molecule has 0 spiro atoms. The number of aryl methyl sites for hydroxylation is 1. The number of halogens is 1. The molecule has 0 radical (unpaired) electrons. The van der Waals surface area contributed by atoms with Crippen molar-refractivity contribution in [2.75, 3.05) is 0 Å². The molecular weight excluding hydrogens is 556 g/mol. The summed E-state index contributed by atoms with van der Waals surface area (Å²) in [5.74, 6) is -1.62. The number of Topliss-reactive ketones (excluding diaryl/α,β-unsaturated/α-hetero) is 1. The minimum atomic E-state index is -1.49. The van der Waals surface area contributed by atoms with Crippen molar-refractivity contribution in [3.05, 3.63) is 123 Å². The quantitative estimate of drug-likeness (QED) is 0.105. The summed E-state index contributed by atoms with van der Waals surface area (Å²) in [4.78, 5) is 36.9. The van der Waals surface area contributed by atoms with Gasteiger partial charge in [0.1, 0.15) is 23.0 Å². The largest absolute Gasteiger partial charge is 0.508 e. The first-order valence-electron chi connectivity index (χ1n) is 13.2. The average molecular weight is 579 g/mol. The van der Waals surface area contributed by atoms with Crippen molar-refractivity contribution >= 4 is 56.1 Å². The Morgan fingerprint density at radius 3 is 2.36 bits per heavy atom. The lowest BCUT2D eigenvalue weighted by Gasteiger charge is -2.19. The minimum Gasteiger partial charge on any atom is -0.508 e. The normalized spacial score (nSPS) is 12.1. The molecule has 8 heteroatoms. The fourth-order valence-corrected chi connectivity index (χ4v) is 5.51. The molecule has 1 atom stereocenters. The van der Waals surface area contributed by atoms with E-state index in [4.69, 9.17) is 16.0 Å². The molecule has 1 aromatic heterocycles. The number of aromatic hydroxyl groups is 1. The van der Waals surface area contributed by atoms with Gasteiger partial charge in [-0.2, -0.15) is 0 Å². The van der Waals surface area contributed by atoms with E-state index in [2.05, 4.69) is 0 Å². The number of fused-ring (bicyclic) bond motifs is 4. The second-order valence-corrected chi connectivity index (χ2v) is 10.4. The van der Waals surface area contributed by atoms with Crippen LogP contribution in [0.3, 0.4) is 0 Å². The highest BCUT2D eigenvalue weighted by molar-refractivity contribution is 6.31. The lowest BCUT2D eigenvalue weighted by atomic mass is 9.88. The van der Waals surface area contributed by atoms with Crippen LogP contribution in [0.2, 0.25) is 5.02 Å². The zero-order valence-electron chi connectivity index (χ0n) is 22.0. The molecule has 6 aromatic rings. The Hall–Kier alpha value is -4.98. The topological polar surface area (TPSA) is 125 Å². The molecule has 0 aliphatic heterocycles. The smallest absolute Gasteiger partial charge is 0.303 e. The number of aliphatic carboxylic acids is 1. The predicted octanol–water partition coefficient (Wildman–Crippen LogP) is 7.06. The fourth-order valence-electron chi connectivity index (χ4n) is 5.35. The van der Waals surface area contributed by atoms with Crippen LogP contribution < -0.4 is 5.43 Å². The summed E-state index contributed by atoms with van der Waals surface area (Å²) in [6.07, 6.45) is -1.61. The van der Waals surface area contributed by atoms with E-state index in [1.807, 2.05) is 0 Å². The van der Waals surface area contributed by atoms with E-state index in [1.165, 1.54) is 18.2 Å². The lowest BCUT2D eigenvalue weighted by molar-refractivity contribution is -0.136. The van der Waals surface area contributed by atoms with E-state index >= 15 is 0 Å². The number of rotatable bonds is 7. The van der Waals surface area contributed by atoms with Crippen molar-refractivity contribution in [3.63, 3.8) is 0 Å². The van der Waals surface area contributed by atoms with Crippen molar-refractivity contribution in [2.24, 2.45) is 0 Å². The summed E-state index contributed by atoms with van der Waals surface area (Å²) in [6, 6.07) is 25.1. The summed E-state index contributed by atoms with van der Waals surface area (Å²) < 4.78 is 6.33. The van der Waals surface area contributed by atoms with Gasteiger partial charge in [-0.25, -0.2) is 0 Å². The van der Waals surface area contributed by atoms with Gasteiger partial charge in [0.15, 0.2) is 11.2 Å². The molecule has 0 saturated heterocycles. The van der Waals surface area contributed by atoms with Gasteiger partial charge in [0.2, 0.25) is 0 Å². The van der Waals surface area contributed by atoms with E-state index in [0.717, 1.165) is 0 Å². The molecule has 0 fully saturated rings. The Morgan fingerprint density at radius 2 is 1.60 bits per heavy atom. The van der Waals surface area contributed by atoms with Crippen LogP contribution in [0.1, 0.15) is 34.0 Å². The van der Waals surface area contributed by atoms with Gasteiger partial charge < -0.3 is 19.7 Å². The SMILES string of the molecule is O=C(O)CCc1cc2c(-c3ccccc3C(O)C(=O)c3ccccc3)c3ccc4cc(=O)c(Cl)cc4c3oc2cc1O. The van der Waals surface area contributed by atoms with Crippen LogP contribution in [0, 0.1) is 0 Å². The summed E-state index contributed by atoms with van der Waals surface area (Å²) in [5, 5.41) is 33.7. The first-order valence-corrected chi connectivity index (χ1v) is 13.5. The zero-order chi connectivity index (χ0) is 29.5. The van der Waals surface area contributed by atoms with Gasteiger partial charge in [-0.3, -0.25) is 14.4 Å². The number of carboxylic acid groups (broad SMARTS) is 1. The molecule has 5 aromatic carbocycles. The second kappa shape index (κ2) is 10.8. The Labute approximate surface area is 243 Å². The molecule has 0 aliphatic carbocycles. The minimum absolute atomic E-state index is 0.0167. The van der Waals surface area contributed by atoms with Crippen molar-refractivity contribution in [1.29, 1.82) is 0 Å². The number of aliphatic hydroxyl groups is 1. The van der Waals surface area contributed by atoms with Gasteiger partial charge in [0, 0.05) is 39.8 Å². The maximum atomic E-state index is 13.3. The van der Waals surface area contributed by atoms with E-state index in [1.54, 1.807) is 72.8 Å². The highest BCUT2D eigenvalue weighted by Gasteiger charge is 2.25. The third-order valence-electron chi connectivity index (χ3n) is 7.39. The maximum absolute atomic E-state index is 13.3. The van der Waals surface area contributed by atoms with Crippen molar-refractivity contribution < 1.29 is 29.3 Å². The van der Waals surface area contributed by atoms with Crippen molar-refractivity contribution in [3.8, 4) is 16.9 Å². The van der Waals surface area contributed by atoms with Gasteiger partial charge >= 0.3 is 5.97 Å². The van der Waals surface area contributed by atoms with Crippen molar-refractivity contribution in [2.45, 2.75) is 18.9 Å². The van der Waals surface area contributed by atoms with E-state index in [-0.39, 0.29) is 34.6 Å². The Bertz CT molecular complexity index is 2100. The fraction of sp³-hybridized carbons (Fsp3) is 0.0882. The molecule has 42 heavy (non-hydrogen) atoms. The van der Waals surface area contributed by atoms with Crippen LogP contribution in [0.4, 0.5) is 0 Å². The molecule has 1 unspecified atom stereocenters. The number of phenolic OH excluding ortho intramolecular Hbond substituents is 1. The second-order valence-electron chi connectivity index (χ2n) is 10.0. The first kappa shape index (κ1) is 27.2. The summed E-state index contributed by atoms with van der Waals surface area (Å²) in [6.45, 7) is 0. The monoisotopic (exact) mass is 578 g/mol. The molecule has 0 saturated carbocycles. The number of benzene rings is 5. The molecule has 7 nitrogen and oxygen atoms in total. The van der Waals surface area contributed by atoms with E-state index in [9.17, 15) is 29.7 Å². The standard InChI is InChI=1S/C34H23ClO7/c35-26-16-24-19(15-28(26)37)10-12-23-31(25-14-20(11-13-30(38)39)27(36)17-29(25)42-34(23)24)21-8-4-5-9-22(21)33(41)32(40)18-6-2-1-3-7-18/h1-10,12,14-17,33,36,41H,11,13H2,(H,38,39). The van der Waals surface area contributed by atoms with Crippen molar-refractivity contribution in [1.82, 2.24) is 0 Å². The molecule has 6 rings (SSSR count). The third-order valence-corrected chi connectivity index (χ3v) is 7.69. The Balaban J connectivity index is 1.69. The number of aliphatic hydroxyl groups excluding tert-OH is 1. The van der Waals surface area contributed by atoms with Gasteiger partial charge in [0.05, 0.1) is 5.02 Å². The maximum Gasteiger partial charge on any atom is 0.303 e. The van der Waals surface area contributed by atoms with Crippen LogP contribution in [0.5, 0.6) is 5.75 Å². The summed E-state index contributed by atoms with van der Waals surface area (Å²) in [5.41, 5.74) is 2.58. The molecular formula is C34H23ClO7. The number of phenols is 1. The number of hydrogen-bond acceptors (Lipinski definition) is 6. The summed E-state index contributed by atoms with van der Waals surface area (Å²) in [7, 11) is 0. The van der Waals surface area contributed by atoms with Crippen LogP contribution in [-0.4, -0.2) is 27.1 Å². The number of ketones is 1. The van der Waals surface area contributed by atoms with Gasteiger partial charge in [-0.05, 0) is 52.8 Å². The highest BCUT2D eigenvalue weighted by Crippen LogP contribution is 2.43. The molecule has 0 amide bonds. The molecule has 208 valence electrons. The Morgan fingerprint density at radius 1 is 0.857 bits per heavy atom. The number of carbonyl (C=O) groups excluding carboxylic acids is 1. The van der Waals surface area contributed by atoms with E-state index in [0.29, 0.717) is 54.9 Å². The van der Waals surface area contributed by atoms with Crippen LogP contribution in [0.25, 0.3) is 43.8 Å². The average Bonchev–Trinajstić information content (AvgIpc) is 2.99. The third kappa shape index (κ3) is 4.79.